The molecule has 0 aromatic carbocycles. The van der Waals surface area contributed by atoms with E-state index in [1.165, 1.54) is 0 Å². The highest BCUT2D eigenvalue weighted by molar-refractivity contribution is 5.69. The molecule has 4 atom stereocenters. The molecule has 0 spiro atoms. The summed E-state index contributed by atoms with van der Waals surface area (Å²) < 4.78 is 4.90. The molecule has 4 unspecified atom stereocenters. The summed E-state index contributed by atoms with van der Waals surface area (Å²) >= 11 is 0. The van der Waals surface area contributed by atoms with E-state index in [1.807, 2.05) is 13.0 Å². The highest BCUT2D eigenvalue weighted by Gasteiger charge is 2.44. The van der Waals surface area contributed by atoms with Crippen LogP contribution in [-0.4, -0.2) is 23.8 Å². The van der Waals surface area contributed by atoms with Gasteiger partial charge in [0, 0.05) is 18.3 Å². The van der Waals surface area contributed by atoms with E-state index in [0.29, 0.717) is 18.9 Å². The Morgan fingerprint density at radius 2 is 2.36 bits per heavy atom. The summed E-state index contributed by atoms with van der Waals surface area (Å²) in [6, 6.07) is 0. The molecule has 0 radical (unpaired) electrons. The maximum Gasteiger partial charge on any atom is 0.306 e. The molecule has 2 rings (SSSR count). The number of esters is 1. The zero-order chi connectivity index (χ0) is 10.1. The number of aliphatic hydroxyl groups is 1. The van der Waals surface area contributed by atoms with Crippen molar-refractivity contribution in [3.63, 3.8) is 0 Å². The summed E-state index contributed by atoms with van der Waals surface area (Å²) in [7, 11) is 0. The van der Waals surface area contributed by atoms with Crippen molar-refractivity contribution in [1.29, 1.82) is 0 Å². The zero-order valence-electron chi connectivity index (χ0n) is 8.35. The number of hydrogen-bond donors (Lipinski definition) is 1. The molecule has 78 valence electrons. The summed E-state index contributed by atoms with van der Waals surface area (Å²) in [6.07, 6.45) is 5.24. The fourth-order valence-corrected chi connectivity index (χ4v) is 2.60. The van der Waals surface area contributed by atoms with Crippen molar-refractivity contribution in [2.24, 2.45) is 17.8 Å². The third-order valence-corrected chi connectivity index (χ3v) is 3.27. The Balaban J connectivity index is 1.89. The van der Waals surface area contributed by atoms with Crippen LogP contribution in [0.2, 0.25) is 0 Å². The van der Waals surface area contributed by atoms with Crippen LogP contribution in [0.5, 0.6) is 0 Å². The van der Waals surface area contributed by atoms with Gasteiger partial charge in [0.25, 0.3) is 0 Å². The van der Waals surface area contributed by atoms with Crippen LogP contribution in [0.25, 0.3) is 0 Å². The van der Waals surface area contributed by atoms with Gasteiger partial charge in [-0.15, -0.1) is 0 Å². The quantitative estimate of drug-likeness (QED) is 0.543. The van der Waals surface area contributed by atoms with Gasteiger partial charge in [-0.1, -0.05) is 12.2 Å². The lowest BCUT2D eigenvalue weighted by Crippen LogP contribution is -2.19. The second-order valence-electron chi connectivity index (χ2n) is 4.12. The van der Waals surface area contributed by atoms with Gasteiger partial charge in [0.15, 0.2) is 0 Å². The summed E-state index contributed by atoms with van der Waals surface area (Å²) in [5.41, 5.74) is 0. The van der Waals surface area contributed by atoms with Gasteiger partial charge >= 0.3 is 5.97 Å². The predicted octanol–water partition coefficient (Wildman–Crippen LogP) is 1.12. The molecule has 0 heterocycles. The Bertz CT molecular complexity index is 259. The number of aliphatic hydroxyl groups excluding tert-OH is 1. The summed E-state index contributed by atoms with van der Waals surface area (Å²) in [5, 5.41) is 9.73. The minimum absolute atomic E-state index is 0.134. The Hall–Kier alpha value is -0.830. The molecule has 2 bridgehead atoms. The summed E-state index contributed by atoms with van der Waals surface area (Å²) in [5.74, 6) is 0.619. The van der Waals surface area contributed by atoms with Gasteiger partial charge in [-0.25, -0.2) is 0 Å². The first-order valence-corrected chi connectivity index (χ1v) is 5.24. The van der Waals surface area contributed by atoms with Crippen LogP contribution in [0.3, 0.4) is 0 Å². The molecule has 1 fully saturated rings. The summed E-state index contributed by atoms with van der Waals surface area (Å²) in [6.45, 7) is 2.26. The maximum absolute atomic E-state index is 11.3. The topological polar surface area (TPSA) is 46.5 Å². The van der Waals surface area contributed by atoms with E-state index in [2.05, 4.69) is 6.08 Å². The van der Waals surface area contributed by atoms with Gasteiger partial charge in [-0.2, -0.15) is 0 Å². The van der Waals surface area contributed by atoms with Crippen molar-refractivity contribution in [3.8, 4) is 0 Å². The van der Waals surface area contributed by atoms with Crippen molar-refractivity contribution >= 4 is 5.97 Å². The van der Waals surface area contributed by atoms with Crippen molar-refractivity contribution in [1.82, 2.24) is 0 Å². The van der Waals surface area contributed by atoms with E-state index in [-0.39, 0.29) is 23.9 Å². The van der Waals surface area contributed by atoms with Crippen LogP contribution >= 0.6 is 0 Å². The lowest BCUT2D eigenvalue weighted by Gasteiger charge is -2.16. The van der Waals surface area contributed by atoms with Crippen LogP contribution in [0.1, 0.15) is 19.8 Å². The average molecular weight is 196 g/mol. The van der Waals surface area contributed by atoms with Crippen LogP contribution in [0, 0.1) is 17.8 Å². The second-order valence-corrected chi connectivity index (χ2v) is 4.12. The molecule has 0 amide bonds. The van der Waals surface area contributed by atoms with Gasteiger partial charge in [-0.05, 0) is 19.3 Å². The van der Waals surface area contributed by atoms with Crippen molar-refractivity contribution in [2.75, 3.05) is 6.61 Å². The van der Waals surface area contributed by atoms with E-state index < -0.39 is 0 Å². The fraction of sp³-hybridized carbons (Fsp3) is 0.727. The molecule has 14 heavy (non-hydrogen) atoms. The van der Waals surface area contributed by atoms with E-state index in [4.69, 9.17) is 4.74 Å². The van der Waals surface area contributed by atoms with E-state index in [9.17, 15) is 9.90 Å². The van der Waals surface area contributed by atoms with Gasteiger partial charge in [0.2, 0.25) is 0 Å². The smallest absolute Gasteiger partial charge is 0.306 e. The Morgan fingerprint density at radius 1 is 1.57 bits per heavy atom. The highest BCUT2D eigenvalue weighted by Crippen LogP contribution is 2.45. The number of rotatable bonds is 3. The van der Waals surface area contributed by atoms with Crippen LogP contribution in [0.4, 0.5) is 0 Å². The molecule has 0 aliphatic heterocycles. The van der Waals surface area contributed by atoms with Crippen molar-refractivity contribution in [2.45, 2.75) is 25.9 Å². The maximum atomic E-state index is 11.3. The van der Waals surface area contributed by atoms with Gasteiger partial charge in [0.05, 0.1) is 12.7 Å². The molecular formula is C11H16O3. The average Bonchev–Trinajstić information content (AvgIpc) is 2.61. The normalized spacial score (nSPS) is 39.0. The molecule has 2 aliphatic rings. The monoisotopic (exact) mass is 196 g/mol. The van der Waals surface area contributed by atoms with Gasteiger partial charge in [0.1, 0.15) is 0 Å². The molecule has 0 aromatic heterocycles. The van der Waals surface area contributed by atoms with E-state index in [1.54, 1.807) is 0 Å². The minimum atomic E-state index is -0.255. The van der Waals surface area contributed by atoms with E-state index >= 15 is 0 Å². The number of carbonyl (C=O) groups excluding carboxylic acids is 1. The predicted molar refractivity (Wildman–Crippen MR) is 51.5 cm³/mol. The van der Waals surface area contributed by atoms with E-state index in [0.717, 1.165) is 6.42 Å². The van der Waals surface area contributed by atoms with Crippen LogP contribution in [-0.2, 0) is 9.53 Å². The third kappa shape index (κ3) is 1.57. The Kier molecular flexibility index (Phi) is 2.59. The van der Waals surface area contributed by atoms with Crippen molar-refractivity contribution in [3.05, 3.63) is 12.2 Å². The first-order chi connectivity index (χ1) is 6.72. The minimum Gasteiger partial charge on any atom is -0.466 e. The fourth-order valence-electron chi connectivity index (χ4n) is 2.60. The van der Waals surface area contributed by atoms with Crippen molar-refractivity contribution < 1.29 is 14.6 Å². The first kappa shape index (κ1) is 9.71. The number of ether oxygens (including phenoxy) is 1. The largest absolute Gasteiger partial charge is 0.466 e. The molecule has 3 nitrogen and oxygen atoms in total. The molecule has 3 heteroatoms. The molecule has 0 saturated heterocycles. The first-order valence-electron chi connectivity index (χ1n) is 5.24. The van der Waals surface area contributed by atoms with Crippen LogP contribution < -0.4 is 0 Å². The lowest BCUT2D eigenvalue weighted by atomic mass is 9.90. The number of fused-ring (bicyclic) bond motifs is 2. The molecular weight excluding hydrogens is 180 g/mol. The zero-order valence-corrected chi connectivity index (χ0v) is 8.35. The number of hydrogen-bond acceptors (Lipinski definition) is 3. The molecule has 0 aromatic rings. The highest BCUT2D eigenvalue weighted by atomic mass is 16.5. The second kappa shape index (κ2) is 3.73. The Morgan fingerprint density at radius 3 is 2.86 bits per heavy atom. The molecule has 1 saturated carbocycles. The van der Waals surface area contributed by atoms with Crippen LogP contribution in [0.15, 0.2) is 12.2 Å². The van der Waals surface area contributed by atoms with Gasteiger partial charge < -0.3 is 9.84 Å². The standard InChI is InChI=1S/C11H16O3/c1-2-14-10(12)6-8-5-7-3-4-9(8)11(7)13/h3-4,7-9,11,13H,2,5-6H2,1H3. The third-order valence-electron chi connectivity index (χ3n) is 3.27. The number of carbonyl (C=O) groups is 1. The van der Waals surface area contributed by atoms with Gasteiger partial charge in [-0.3, -0.25) is 4.79 Å². The summed E-state index contributed by atoms with van der Waals surface area (Å²) in [4.78, 5) is 11.3. The Labute approximate surface area is 83.8 Å². The lowest BCUT2D eigenvalue weighted by molar-refractivity contribution is -0.144. The molecule has 2 aliphatic carbocycles. The molecule has 1 N–H and O–H groups in total. The SMILES string of the molecule is CCOC(=O)CC1CC2C=CC1C2O.